The summed E-state index contributed by atoms with van der Waals surface area (Å²) in [7, 11) is 0. The van der Waals surface area contributed by atoms with E-state index in [9.17, 15) is 19.5 Å². The molecule has 3 aromatic rings. The molecule has 8 heteroatoms. The van der Waals surface area contributed by atoms with Gasteiger partial charge in [-0.1, -0.05) is 111 Å². The first kappa shape index (κ1) is 35.8. The number of amides is 3. The Kier molecular flexibility index (Phi) is 11.7. The number of hydrogen-bond acceptors (Lipinski definition) is 5. The molecule has 3 heterocycles. The molecule has 0 saturated carbocycles. The number of benzene rings is 3. The molecule has 2 N–H and O–H groups in total. The fourth-order valence-electron chi connectivity index (χ4n) is 8.54. The van der Waals surface area contributed by atoms with Gasteiger partial charge in [0.1, 0.15) is 12.1 Å². The molecule has 50 heavy (non-hydrogen) atoms. The lowest BCUT2D eigenvalue weighted by atomic mass is 9.67. The fraction of sp³-hybridized carbons (Fsp3) is 0.500. The van der Waals surface area contributed by atoms with Crippen LogP contribution in [0.15, 0.2) is 91.0 Å². The topological polar surface area (TPSA) is 93.2 Å². The number of aliphatic hydroxyl groups is 1. The van der Waals surface area contributed by atoms with E-state index in [4.69, 9.17) is 0 Å². The Morgan fingerprint density at radius 1 is 0.800 bits per heavy atom. The van der Waals surface area contributed by atoms with Crippen LogP contribution in [0.5, 0.6) is 0 Å². The zero-order valence-corrected chi connectivity index (χ0v) is 29.8. The second kappa shape index (κ2) is 16.3. The van der Waals surface area contributed by atoms with Gasteiger partial charge in [0.15, 0.2) is 0 Å². The third-order valence-electron chi connectivity index (χ3n) is 11.4. The van der Waals surface area contributed by atoms with E-state index in [2.05, 4.69) is 60.5 Å². The molecule has 3 aliphatic rings. The van der Waals surface area contributed by atoms with Crippen molar-refractivity contribution in [3.05, 3.63) is 108 Å². The van der Waals surface area contributed by atoms with Gasteiger partial charge in [-0.15, -0.1) is 0 Å². The molecule has 0 aliphatic carbocycles. The standard InChI is InChI=1S/C42H54N4O4/c1-3-31(2)28-44-23-13-15-32(29-44)27-43-40(49)37-22-14-24-45(37)41(50)38-25-36(47)30-46(38)39(48)26-42(33-16-7-4-8-17-33,34-18-9-5-10-19-34)35-20-11-6-12-21-35/h4-12,16-21,31-32,36-38,47H,3,13-15,22-30H2,1-2H3,(H,43,49)/t31?,32-,36-,37-,38+/m1/s1. The maximum Gasteiger partial charge on any atom is 0.246 e. The van der Waals surface area contributed by atoms with Crippen LogP contribution < -0.4 is 5.32 Å². The van der Waals surface area contributed by atoms with Crippen LogP contribution in [-0.4, -0.2) is 95.0 Å². The Hall–Kier alpha value is -4.01. The number of hydrogen-bond donors (Lipinski definition) is 2. The third kappa shape index (κ3) is 7.82. The minimum absolute atomic E-state index is 0.0842. The van der Waals surface area contributed by atoms with E-state index in [-0.39, 0.29) is 37.1 Å². The smallest absolute Gasteiger partial charge is 0.246 e. The van der Waals surface area contributed by atoms with E-state index in [0.717, 1.165) is 55.6 Å². The summed E-state index contributed by atoms with van der Waals surface area (Å²) in [6, 6.07) is 28.8. The van der Waals surface area contributed by atoms with Crippen LogP contribution in [-0.2, 0) is 19.8 Å². The van der Waals surface area contributed by atoms with Crippen LogP contribution in [0.3, 0.4) is 0 Å². The molecular formula is C42H54N4O4. The Balaban J connectivity index is 1.19. The summed E-state index contributed by atoms with van der Waals surface area (Å²) in [6.07, 6.45) is 4.17. The van der Waals surface area contributed by atoms with Crippen molar-refractivity contribution in [2.45, 2.75) is 82.4 Å². The van der Waals surface area contributed by atoms with Crippen molar-refractivity contribution in [2.24, 2.45) is 11.8 Å². The predicted octanol–water partition coefficient (Wildman–Crippen LogP) is 5.24. The van der Waals surface area contributed by atoms with E-state index in [1.54, 1.807) is 9.80 Å². The lowest BCUT2D eigenvalue weighted by molar-refractivity contribution is -0.146. The van der Waals surface area contributed by atoms with Crippen molar-refractivity contribution < 1.29 is 19.5 Å². The van der Waals surface area contributed by atoms with E-state index in [0.29, 0.717) is 31.3 Å². The van der Waals surface area contributed by atoms with E-state index in [1.807, 2.05) is 54.6 Å². The number of nitrogens with one attached hydrogen (secondary N) is 1. The fourth-order valence-corrected chi connectivity index (χ4v) is 8.54. The molecule has 0 radical (unpaired) electrons. The molecule has 6 rings (SSSR count). The Bertz CT molecular complexity index is 1470. The Morgan fingerprint density at radius 3 is 1.96 bits per heavy atom. The average Bonchev–Trinajstić information content (AvgIpc) is 3.81. The summed E-state index contributed by atoms with van der Waals surface area (Å²) in [4.78, 5) is 48.3. The molecule has 3 aliphatic heterocycles. The molecule has 3 saturated heterocycles. The second-order valence-corrected chi connectivity index (χ2v) is 14.8. The van der Waals surface area contributed by atoms with Gasteiger partial charge in [-0.25, -0.2) is 0 Å². The second-order valence-electron chi connectivity index (χ2n) is 14.8. The maximum atomic E-state index is 14.6. The summed E-state index contributed by atoms with van der Waals surface area (Å²) >= 11 is 0. The van der Waals surface area contributed by atoms with Crippen molar-refractivity contribution in [3.8, 4) is 0 Å². The lowest BCUT2D eigenvalue weighted by Gasteiger charge is -2.38. The third-order valence-corrected chi connectivity index (χ3v) is 11.4. The molecule has 3 fully saturated rings. The highest BCUT2D eigenvalue weighted by atomic mass is 16.3. The summed E-state index contributed by atoms with van der Waals surface area (Å²) in [6.45, 7) is 8.90. The molecule has 3 aromatic carbocycles. The van der Waals surface area contributed by atoms with Crippen molar-refractivity contribution in [3.63, 3.8) is 0 Å². The van der Waals surface area contributed by atoms with Gasteiger partial charge in [0.2, 0.25) is 17.7 Å². The largest absolute Gasteiger partial charge is 0.391 e. The molecule has 0 spiro atoms. The number of nitrogens with zero attached hydrogens (tertiary/aromatic N) is 3. The first-order chi connectivity index (χ1) is 24.3. The SMILES string of the molecule is CCC(C)CN1CCC[C@H](CNC(=O)[C@H]2CCCN2C(=O)[C@@H]2C[C@@H](O)CN2C(=O)CC(c2ccccc2)(c2ccccc2)c2ccccc2)C1. The molecule has 266 valence electrons. The normalized spacial score (nSPS) is 23.5. The minimum Gasteiger partial charge on any atom is -0.391 e. The van der Waals surface area contributed by atoms with Gasteiger partial charge in [0.25, 0.3) is 0 Å². The Labute approximate surface area is 297 Å². The number of carbonyl (C=O) groups is 3. The van der Waals surface area contributed by atoms with Crippen LogP contribution in [0.25, 0.3) is 0 Å². The van der Waals surface area contributed by atoms with Crippen LogP contribution in [0.4, 0.5) is 0 Å². The summed E-state index contributed by atoms with van der Waals surface area (Å²) in [5.41, 5.74) is 2.11. The zero-order chi connectivity index (χ0) is 35.1. The minimum atomic E-state index is -0.821. The highest BCUT2D eigenvalue weighted by Crippen LogP contribution is 2.43. The predicted molar refractivity (Wildman–Crippen MR) is 196 cm³/mol. The summed E-state index contributed by atoms with van der Waals surface area (Å²) < 4.78 is 0. The van der Waals surface area contributed by atoms with Crippen LogP contribution in [0, 0.1) is 11.8 Å². The van der Waals surface area contributed by atoms with Crippen LogP contribution in [0.2, 0.25) is 0 Å². The summed E-state index contributed by atoms with van der Waals surface area (Å²) in [5, 5.41) is 14.1. The van der Waals surface area contributed by atoms with Gasteiger partial charge in [-0.3, -0.25) is 14.4 Å². The molecule has 0 bridgehead atoms. The van der Waals surface area contributed by atoms with Gasteiger partial charge in [-0.05, 0) is 60.8 Å². The van der Waals surface area contributed by atoms with Gasteiger partial charge in [0.05, 0.1) is 11.5 Å². The molecule has 3 amide bonds. The highest BCUT2D eigenvalue weighted by molar-refractivity contribution is 5.93. The number of β-amino-alcohol motifs (C(OH)–C–C–N with tert-alkyl or cyclic N) is 1. The van der Waals surface area contributed by atoms with Crippen molar-refractivity contribution in [1.29, 1.82) is 0 Å². The van der Waals surface area contributed by atoms with Crippen molar-refractivity contribution >= 4 is 17.7 Å². The molecule has 0 aromatic heterocycles. The zero-order valence-electron chi connectivity index (χ0n) is 29.8. The molecule has 8 nitrogen and oxygen atoms in total. The highest BCUT2D eigenvalue weighted by Gasteiger charge is 2.47. The number of likely N-dealkylation sites (tertiary alicyclic amines) is 3. The Morgan fingerprint density at radius 2 is 1.38 bits per heavy atom. The van der Waals surface area contributed by atoms with Gasteiger partial charge >= 0.3 is 0 Å². The van der Waals surface area contributed by atoms with E-state index < -0.39 is 23.6 Å². The van der Waals surface area contributed by atoms with Gasteiger partial charge < -0.3 is 25.1 Å². The maximum absolute atomic E-state index is 14.6. The number of rotatable bonds is 12. The first-order valence-electron chi connectivity index (χ1n) is 18.7. The van der Waals surface area contributed by atoms with Crippen LogP contribution in [0.1, 0.15) is 75.5 Å². The molecule has 1 unspecified atom stereocenters. The number of carbonyl (C=O) groups excluding carboxylic acids is 3. The van der Waals surface area contributed by atoms with Crippen molar-refractivity contribution in [1.82, 2.24) is 20.0 Å². The van der Waals surface area contributed by atoms with Crippen molar-refractivity contribution in [2.75, 3.05) is 39.3 Å². The van der Waals surface area contributed by atoms with E-state index >= 15 is 0 Å². The van der Waals surface area contributed by atoms with E-state index in [1.165, 1.54) is 6.42 Å². The number of piperidine rings is 1. The summed E-state index contributed by atoms with van der Waals surface area (Å²) in [5.74, 6) is 0.515. The average molecular weight is 679 g/mol. The molecular weight excluding hydrogens is 624 g/mol. The monoisotopic (exact) mass is 678 g/mol. The van der Waals surface area contributed by atoms with Gasteiger partial charge in [0, 0.05) is 45.6 Å². The molecule has 5 atom stereocenters. The van der Waals surface area contributed by atoms with Crippen LogP contribution >= 0.6 is 0 Å². The quantitative estimate of drug-likeness (QED) is 0.256. The number of aliphatic hydroxyl groups excluding tert-OH is 1. The lowest BCUT2D eigenvalue weighted by Crippen LogP contribution is -2.54. The van der Waals surface area contributed by atoms with Gasteiger partial charge in [-0.2, -0.15) is 0 Å². The first-order valence-corrected chi connectivity index (χ1v) is 18.7.